The van der Waals surface area contributed by atoms with Gasteiger partial charge in [0.25, 0.3) is 0 Å². The van der Waals surface area contributed by atoms with Gasteiger partial charge in [0.1, 0.15) is 0 Å². The zero-order valence-corrected chi connectivity index (χ0v) is 19.3. The number of fused-ring (bicyclic) bond motifs is 1. The van der Waals surface area contributed by atoms with Crippen LogP contribution in [0.15, 0.2) is 35.5 Å². The van der Waals surface area contributed by atoms with Crippen molar-refractivity contribution in [1.82, 2.24) is 0 Å². The van der Waals surface area contributed by atoms with Crippen molar-refractivity contribution >= 4 is 0 Å². The summed E-state index contributed by atoms with van der Waals surface area (Å²) in [5.74, 6) is 2.26. The molecule has 0 saturated heterocycles. The molecule has 0 radical (unpaired) electrons. The molecule has 0 bridgehead atoms. The Kier molecular flexibility index (Phi) is 7.16. The van der Waals surface area contributed by atoms with Crippen molar-refractivity contribution in [1.29, 1.82) is 0 Å². The Morgan fingerprint density at radius 3 is 2.69 bits per heavy atom. The summed E-state index contributed by atoms with van der Waals surface area (Å²) in [6, 6.07) is 0. The van der Waals surface area contributed by atoms with Crippen molar-refractivity contribution in [2.75, 3.05) is 0 Å². The first-order valence-corrected chi connectivity index (χ1v) is 12.1. The molecule has 0 aromatic carbocycles. The lowest BCUT2D eigenvalue weighted by atomic mass is 9.60. The highest BCUT2D eigenvalue weighted by Crippen LogP contribution is 2.60. The van der Waals surface area contributed by atoms with Crippen LogP contribution >= 0.6 is 0 Å². The first kappa shape index (κ1) is 22.8. The normalized spacial score (nSPS) is 37.2. The number of hydrogen-bond acceptors (Lipinski definition) is 2. The second-order valence-corrected chi connectivity index (χ2v) is 11.2. The van der Waals surface area contributed by atoms with Gasteiger partial charge >= 0.3 is 0 Å². The van der Waals surface area contributed by atoms with E-state index in [4.69, 9.17) is 0 Å². The summed E-state index contributed by atoms with van der Waals surface area (Å²) in [5.41, 5.74) is 4.02. The number of hydrogen-bond donors (Lipinski definition) is 2. The standard InChI is InChI=1S/C27H44O2/c1-19-10-13-23(28)18-22(19)12-11-21-9-7-17-27(5)24(14-15-25(21)27)20(2)8-6-16-26(3,4)29/h11-12,20,23-25,28-29H,1,6-10,13-18H2,2-5H3/b21-11+,22-12-/t20-,23+,24+,25?,27+/m0/s1. The molecule has 0 aromatic rings. The molecule has 0 heterocycles. The highest BCUT2D eigenvalue weighted by atomic mass is 16.3. The highest BCUT2D eigenvalue weighted by Gasteiger charge is 2.50. The molecule has 5 atom stereocenters. The van der Waals surface area contributed by atoms with E-state index in [9.17, 15) is 10.2 Å². The van der Waals surface area contributed by atoms with Gasteiger partial charge in [0.05, 0.1) is 11.7 Å². The van der Waals surface area contributed by atoms with Crippen LogP contribution in [-0.4, -0.2) is 21.9 Å². The molecule has 3 aliphatic carbocycles. The second-order valence-electron chi connectivity index (χ2n) is 11.2. The van der Waals surface area contributed by atoms with Crippen LogP contribution < -0.4 is 0 Å². The van der Waals surface area contributed by atoms with E-state index in [1.54, 1.807) is 5.57 Å². The van der Waals surface area contributed by atoms with Crippen LogP contribution in [0, 0.1) is 23.2 Å². The van der Waals surface area contributed by atoms with Gasteiger partial charge in [-0.05, 0) is 100 Å². The van der Waals surface area contributed by atoms with Crippen molar-refractivity contribution in [3.05, 3.63) is 35.5 Å². The maximum Gasteiger partial charge on any atom is 0.0591 e. The van der Waals surface area contributed by atoms with Gasteiger partial charge in [-0.25, -0.2) is 0 Å². The van der Waals surface area contributed by atoms with Crippen LogP contribution in [0.3, 0.4) is 0 Å². The van der Waals surface area contributed by atoms with E-state index in [-0.39, 0.29) is 6.10 Å². The smallest absolute Gasteiger partial charge is 0.0591 e. The van der Waals surface area contributed by atoms with Gasteiger partial charge in [-0.1, -0.05) is 56.6 Å². The topological polar surface area (TPSA) is 40.5 Å². The van der Waals surface area contributed by atoms with Crippen molar-refractivity contribution in [3.8, 4) is 0 Å². The molecule has 2 nitrogen and oxygen atoms in total. The fourth-order valence-corrected chi connectivity index (χ4v) is 6.67. The number of allylic oxidation sites excluding steroid dienone is 4. The van der Waals surface area contributed by atoms with Crippen molar-refractivity contribution < 1.29 is 10.2 Å². The predicted octanol–water partition coefficient (Wildman–Crippen LogP) is 6.73. The highest BCUT2D eigenvalue weighted by molar-refractivity contribution is 5.36. The molecule has 29 heavy (non-hydrogen) atoms. The Morgan fingerprint density at radius 1 is 1.21 bits per heavy atom. The summed E-state index contributed by atoms with van der Waals surface area (Å²) in [4.78, 5) is 0. The lowest BCUT2D eigenvalue weighted by molar-refractivity contribution is 0.0596. The number of rotatable bonds is 6. The van der Waals surface area contributed by atoms with Gasteiger partial charge in [0, 0.05) is 0 Å². The Labute approximate surface area is 179 Å². The molecule has 164 valence electrons. The van der Waals surface area contributed by atoms with Crippen LogP contribution in [0.1, 0.15) is 98.3 Å². The molecule has 2 N–H and O–H groups in total. The zero-order chi connectivity index (χ0) is 21.2. The lowest BCUT2D eigenvalue weighted by Gasteiger charge is -2.44. The molecular weight excluding hydrogens is 356 g/mol. The van der Waals surface area contributed by atoms with Crippen LogP contribution in [0.5, 0.6) is 0 Å². The number of aliphatic hydroxyl groups excluding tert-OH is 1. The molecule has 0 aliphatic heterocycles. The van der Waals surface area contributed by atoms with E-state index in [1.807, 2.05) is 13.8 Å². The summed E-state index contributed by atoms with van der Waals surface area (Å²) in [6.45, 7) is 13.1. The minimum Gasteiger partial charge on any atom is -0.393 e. The monoisotopic (exact) mass is 400 g/mol. The van der Waals surface area contributed by atoms with E-state index in [1.165, 1.54) is 49.7 Å². The average molecular weight is 401 g/mol. The third kappa shape index (κ3) is 5.44. The third-order valence-electron chi connectivity index (χ3n) is 8.36. The second kappa shape index (κ2) is 9.10. The fourth-order valence-electron chi connectivity index (χ4n) is 6.67. The van der Waals surface area contributed by atoms with E-state index in [0.717, 1.165) is 49.9 Å². The van der Waals surface area contributed by atoms with Gasteiger partial charge in [0.2, 0.25) is 0 Å². The molecule has 3 aliphatic rings. The average Bonchev–Trinajstić information content (AvgIpc) is 2.99. The summed E-state index contributed by atoms with van der Waals surface area (Å²) in [6.07, 6.45) is 16.9. The van der Waals surface area contributed by atoms with Crippen LogP contribution in [0.25, 0.3) is 0 Å². The van der Waals surface area contributed by atoms with Crippen molar-refractivity contribution in [2.45, 2.75) is 110 Å². The summed E-state index contributed by atoms with van der Waals surface area (Å²) < 4.78 is 0. The van der Waals surface area contributed by atoms with E-state index in [0.29, 0.717) is 5.41 Å². The lowest BCUT2D eigenvalue weighted by Crippen LogP contribution is -2.36. The molecule has 0 aromatic heterocycles. The Balaban J connectivity index is 1.68. The third-order valence-corrected chi connectivity index (χ3v) is 8.36. The summed E-state index contributed by atoms with van der Waals surface area (Å²) in [5, 5.41) is 20.1. The minimum atomic E-state index is -0.535. The van der Waals surface area contributed by atoms with E-state index < -0.39 is 5.60 Å². The molecular formula is C27H44O2. The van der Waals surface area contributed by atoms with E-state index in [2.05, 4.69) is 32.6 Å². The zero-order valence-electron chi connectivity index (χ0n) is 19.3. The molecule has 1 unspecified atom stereocenters. The molecule has 3 saturated carbocycles. The van der Waals surface area contributed by atoms with Gasteiger partial charge in [0.15, 0.2) is 0 Å². The quantitative estimate of drug-likeness (QED) is 0.518. The van der Waals surface area contributed by atoms with Crippen molar-refractivity contribution in [3.63, 3.8) is 0 Å². The van der Waals surface area contributed by atoms with Crippen LogP contribution in [-0.2, 0) is 0 Å². The molecule has 2 heteroatoms. The maximum absolute atomic E-state index is 10.0. The van der Waals surface area contributed by atoms with Crippen LogP contribution in [0.4, 0.5) is 0 Å². The van der Waals surface area contributed by atoms with Gasteiger partial charge in [-0.15, -0.1) is 0 Å². The molecule has 3 rings (SSSR count). The Bertz CT molecular complexity index is 650. The van der Waals surface area contributed by atoms with E-state index >= 15 is 0 Å². The molecule has 3 fully saturated rings. The molecule has 0 spiro atoms. The Morgan fingerprint density at radius 2 is 1.97 bits per heavy atom. The van der Waals surface area contributed by atoms with Gasteiger partial charge in [-0.3, -0.25) is 0 Å². The van der Waals surface area contributed by atoms with Crippen LogP contribution in [0.2, 0.25) is 0 Å². The predicted molar refractivity (Wildman–Crippen MR) is 123 cm³/mol. The minimum absolute atomic E-state index is 0.192. The first-order valence-electron chi connectivity index (χ1n) is 12.1. The van der Waals surface area contributed by atoms with Crippen molar-refractivity contribution in [2.24, 2.45) is 23.2 Å². The Hall–Kier alpha value is -0.860. The van der Waals surface area contributed by atoms with Gasteiger partial charge in [-0.2, -0.15) is 0 Å². The SMILES string of the molecule is C=C1CC[C@@H](O)C/C1=C/C=C1\CCC[C@@]2(C)C1CC[C@@H]2[C@@H](C)CCCC(C)(C)O. The summed E-state index contributed by atoms with van der Waals surface area (Å²) in [7, 11) is 0. The first-order chi connectivity index (χ1) is 13.6. The fraction of sp³-hybridized carbons (Fsp3) is 0.778. The largest absolute Gasteiger partial charge is 0.393 e. The molecule has 0 amide bonds. The maximum atomic E-state index is 10.0. The summed E-state index contributed by atoms with van der Waals surface area (Å²) >= 11 is 0. The van der Waals surface area contributed by atoms with Gasteiger partial charge < -0.3 is 10.2 Å². The number of aliphatic hydroxyl groups is 2.